The number of hydrogen-bond acceptors (Lipinski definition) is 4. The number of nitrogens with one attached hydrogen (secondary N) is 1. The molecule has 2 aromatic rings. The van der Waals surface area contributed by atoms with Gasteiger partial charge >= 0.3 is 0 Å². The van der Waals surface area contributed by atoms with Gasteiger partial charge in [0, 0.05) is 17.8 Å². The van der Waals surface area contributed by atoms with Gasteiger partial charge < -0.3 is 10.1 Å². The van der Waals surface area contributed by atoms with Gasteiger partial charge in [-0.1, -0.05) is 18.2 Å². The number of benzene rings is 2. The van der Waals surface area contributed by atoms with Gasteiger partial charge in [0.1, 0.15) is 5.75 Å². The lowest BCUT2D eigenvalue weighted by Gasteiger charge is -2.18. The van der Waals surface area contributed by atoms with Gasteiger partial charge in [0.15, 0.2) is 6.10 Å². The van der Waals surface area contributed by atoms with E-state index >= 15 is 0 Å². The minimum Gasteiger partial charge on any atom is -0.480 e. The van der Waals surface area contributed by atoms with Crippen molar-refractivity contribution in [3.05, 3.63) is 63.2 Å². The number of nitrogens with zero attached hydrogens (tertiary/aromatic N) is 1. The Morgan fingerprint density at radius 3 is 2.29 bits per heavy atom. The molecule has 1 amide bonds. The average Bonchev–Trinajstić information content (AvgIpc) is 2.52. The molecule has 0 aromatic heterocycles. The van der Waals surface area contributed by atoms with Crippen molar-refractivity contribution in [1.82, 2.24) is 0 Å². The van der Waals surface area contributed by atoms with Gasteiger partial charge in [-0.2, -0.15) is 0 Å². The quantitative estimate of drug-likeness (QED) is 0.666. The van der Waals surface area contributed by atoms with Crippen molar-refractivity contribution in [3.63, 3.8) is 0 Å². The summed E-state index contributed by atoms with van der Waals surface area (Å²) in [6.45, 7) is 7.22. The fraction of sp³-hybridized carbons (Fsp3) is 0.278. The lowest BCUT2D eigenvalue weighted by Crippen LogP contribution is -2.30. The van der Waals surface area contributed by atoms with E-state index in [4.69, 9.17) is 4.74 Å². The number of non-ortho nitro benzene ring substituents is 1. The number of carbonyl (C=O) groups excluding carboxylic acids is 1. The first kappa shape index (κ1) is 17.5. The monoisotopic (exact) mass is 328 g/mol. The van der Waals surface area contributed by atoms with Crippen LogP contribution in [0.4, 0.5) is 11.4 Å². The maximum absolute atomic E-state index is 12.3. The Bertz CT molecular complexity index is 766. The van der Waals surface area contributed by atoms with Gasteiger partial charge in [0.2, 0.25) is 0 Å². The molecule has 0 spiro atoms. The molecular formula is C18H20N2O4. The van der Waals surface area contributed by atoms with E-state index in [0.717, 1.165) is 11.1 Å². The smallest absolute Gasteiger partial charge is 0.269 e. The standard InChI is InChI=1S/C18H20N2O4/c1-11-6-5-7-12(2)17(11)24-14(4)18(21)19-16-9-8-15(20(22)23)10-13(16)3/h5-10,14H,1-4H3,(H,19,21). The van der Waals surface area contributed by atoms with E-state index in [1.54, 1.807) is 13.8 Å². The van der Waals surface area contributed by atoms with E-state index in [1.165, 1.54) is 18.2 Å². The van der Waals surface area contributed by atoms with Crippen molar-refractivity contribution in [3.8, 4) is 5.75 Å². The molecule has 0 saturated heterocycles. The molecule has 6 nitrogen and oxygen atoms in total. The number of para-hydroxylation sites is 1. The first-order chi connectivity index (χ1) is 11.3. The number of aryl methyl sites for hydroxylation is 3. The van der Waals surface area contributed by atoms with Gasteiger partial charge in [0.05, 0.1) is 4.92 Å². The van der Waals surface area contributed by atoms with E-state index in [0.29, 0.717) is 17.0 Å². The van der Waals surface area contributed by atoms with Crippen LogP contribution in [-0.4, -0.2) is 16.9 Å². The minimum atomic E-state index is -0.695. The zero-order valence-corrected chi connectivity index (χ0v) is 14.1. The summed E-state index contributed by atoms with van der Waals surface area (Å²) in [5, 5.41) is 13.5. The summed E-state index contributed by atoms with van der Waals surface area (Å²) in [5.41, 5.74) is 3.06. The third-order valence-corrected chi connectivity index (χ3v) is 3.75. The van der Waals surface area contributed by atoms with Crippen LogP contribution >= 0.6 is 0 Å². The molecule has 1 N–H and O–H groups in total. The number of amides is 1. The third-order valence-electron chi connectivity index (χ3n) is 3.75. The predicted octanol–water partition coefficient (Wildman–Crippen LogP) is 3.93. The summed E-state index contributed by atoms with van der Waals surface area (Å²) in [5.74, 6) is 0.384. The van der Waals surface area contributed by atoms with E-state index in [-0.39, 0.29) is 11.6 Å². The van der Waals surface area contributed by atoms with Crippen LogP contribution in [0.2, 0.25) is 0 Å². The van der Waals surface area contributed by atoms with Crippen molar-refractivity contribution in [2.45, 2.75) is 33.8 Å². The SMILES string of the molecule is Cc1cc([N+](=O)[O-])ccc1NC(=O)C(C)Oc1c(C)cccc1C. The molecule has 0 saturated carbocycles. The second-order valence-electron chi connectivity index (χ2n) is 5.73. The van der Waals surface area contributed by atoms with E-state index < -0.39 is 11.0 Å². The highest BCUT2D eigenvalue weighted by molar-refractivity contribution is 5.94. The maximum atomic E-state index is 12.3. The highest BCUT2D eigenvalue weighted by Gasteiger charge is 2.18. The Morgan fingerprint density at radius 1 is 1.12 bits per heavy atom. The molecule has 0 aliphatic heterocycles. The summed E-state index contributed by atoms with van der Waals surface area (Å²) in [4.78, 5) is 22.6. The summed E-state index contributed by atoms with van der Waals surface area (Å²) < 4.78 is 5.79. The highest BCUT2D eigenvalue weighted by Crippen LogP contribution is 2.25. The third kappa shape index (κ3) is 3.90. The first-order valence-corrected chi connectivity index (χ1v) is 7.58. The first-order valence-electron chi connectivity index (χ1n) is 7.58. The van der Waals surface area contributed by atoms with Crippen molar-refractivity contribution in [2.75, 3.05) is 5.32 Å². The number of nitro groups is 1. The molecule has 1 unspecified atom stereocenters. The summed E-state index contributed by atoms with van der Waals surface area (Å²) in [6, 6.07) is 10.1. The highest BCUT2D eigenvalue weighted by atomic mass is 16.6. The van der Waals surface area contributed by atoms with Gasteiger partial charge in [-0.15, -0.1) is 0 Å². The molecule has 6 heteroatoms. The van der Waals surface area contributed by atoms with E-state index in [1.807, 2.05) is 32.0 Å². The second kappa shape index (κ2) is 7.12. The molecule has 2 rings (SSSR count). The summed E-state index contributed by atoms with van der Waals surface area (Å²) >= 11 is 0. The molecule has 0 radical (unpaired) electrons. The summed E-state index contributed by atoms with van der Waals surface area (Å²) in [7, 11) is 0. The number of ether oxygens (including phenoxy) is 1. The fourth-order valence-electron chi connectivity index (χ4n) is 2.35. The van der Waals surface area contributed by atoms with Crippen LogP contribution in [0.15, 0.2) is 36.4 Å². The zero-order valence-electron chi connectivity index (χ0n) is 14.1. The Balaban J connectivity index is 2.11. The number of nitro benzene ring substituents is 1. The van der Waals surface area contributed by atoms with Crippen molar-refractivity contribution in [1.29, 1.82) is 0 Å². The maximum Gasteiger partial charge on any atom is 0.269 e. The molecule has 0 fully saturated rings. The lowest BCUT2D eigenvalue weighted by molar-refractivity contribution is -0.384. The van der Waals surface area contributed by atoms with E-state index in [2.05, 4.69) is 5.32 Å². The van der Waals surface area contributed by atoms with Crippen LogP contribution in [0, 0.1) is 30.9 Å². The Morgan fingerprint density at radius 2 is 1.75 bits per heavy atom. The number of rotatable bonds is 5. The molecule has 0 aliphatic rings. The van der Waals surface area contributed by atoms with E-state index in [9.17, 15) is 14.9 Å². The number of anilines is 1. The van der Waals surface area contributed by atoms with Crippen molar-refractivity contribution >= 4 is 17.3 Å². The van der Waals surface area contributed by atoms with Crippen LogP contribution in [0.5, 0.6) is 5.75 Å². The van der Waals surface area contributed by atoms with Gasteiger partial charge in [0.25, 0.3) is 11.6 Å². The average molecular weight is 328 g/mol. The summed E-state index contributed by atoms with van der Waals surface area (Å²) in [6.07, 6.45) is -0.695. The van der Waals surface area contributed by atoms with Gasteiger partial charge in [-0.3, -0.25) is 14.9 Å². The molecule has 1 atom stereocenters. The normalized spacial score (nSPS) is 11.7. The Hall–Kier alpha value is -2.89. The van der Waals surface area contributed by atoms with Crippen molar-refractivity contribution < 1.29 is 14.5 Å². The molecular weight excluding hydrogens is 308 g/mol. The van der Waals surface area contributed by atoms with Crippen LogP contribution in [0.3, 0.4) is 0 Å². The lowest BCUT2D eigenvalue weighted by atomic mass is 10.1. The number of carbonyl (C=O) groups is 1. The Labute approximate surface area is 140 Å². The van der Waals surface area contributed by atoms with Crippen LogP contribution in [0.25, 0.3) is 0 Å². The Kier molecular flexibility index (Phi) is 5.18. The van der Waals surface area contributed by atoms with Crippen molar-refractivity contribution in [2.24, 2.45) is 0 Å². The molecule has 0 heterocycles. The van der Waals surface area contributed by atoms with Gasteiger partial charge in [-0.05, 0) is 50.5 Å². The van der Waals surface area contributed by atoms with Crippen LogP contribution in [-0.2, 0) is 4.79 Å². The minimum absolute atomic E-state index is 0.00895. The molecule has 2 aromatic carbocycles. The molecule has 126 valence electrons. The topological polar surface area (TPSA) is 81.5 Å². The largest absolute Gasteiger partial charge is 0.480 e. The predicted molar refractivity (Wildman–Crippen MR) is 92.5 cm³/mol. The van der Waals surface area contributed by atoms with Crippen LogP contribution < -0.4 is 10.1 Å². The number of hydrogen-bond donors (Lipinski definition) is 1. The molecule has 0 bridgehead atoms. The van der Waals surface area contributed by atoms with Gasteiger partial charge in [-0.25, -0.2) is 0 Å². The zero-order chi connectivity index (χ0) is 17.9. The van der Waals surface area contributed by atoms with Crippen LogP contribution in [0.1, 0.15) is 23.6 Å². The molecule has 0 aliphatic carbocycles. The second-order valence-corrected chi connectivity index (χ2v) is 5.73. The molecule has 24 heavy (non-hydrogen) atoms. The fourth-order valence-corrected chi connectivity index (χ4v) is 2.35.